The maximum atomic E-state index is 5.98. The third-order valence-corrected chi connectivity index (χ3v) is 33.7. The molecule has 3 aliphatic rings. The van der Waals surface area contributed by atoms with Gasteiger partial charge < -0.3 is 0 Å². The summed E-state index contributed by atoms with van der Waals surface area (Å²) in [7, 11) is -1.94. The molecule has 4 aromatic carbocycles. The molecule has 1 aliphatic heterocycles. The van der Waals surface area contributed by atoms with Crippen LogP contribution in [0.15, 0.2) is 95.3 Å². The molecular weight excluding hydrogens is 743 g/mol. The molecular formula is C42H48HfO2Si. The van der Waals surface area contributed by atoms with Crippen molar-refractivity contribution in [1.82, 2.24) is 0 Å². The zero-order valence-corrected chi connectivity index (χ0v) is 33.4. The average Bonchev–Trinajstić information content (AvgIpc) is 3.64. The predicted molar refractivity (Wildman–Crippen MR) is 195 cm³/mol. The predicted octanol–water partition coefficient (Wildman–Crippen LogP) is 12.0. The molecule has 2 atom stereocenters. The Labute approximate surface area is 281 Å². The summed E-state index contributed by atoms with van der Waals surface area (Å²) in [6.07, 6.45) is 5.78. The topological polar surface area (TPSA) is 18.5 Å². The second-order valence-electron chi connectivity index (χ2n) is 14.7. The summed E-state index contributed by atoms with van der Waals surface area (Å²) in [5.41, 5.74) is 11.5. The van der Waals surface area contributed by atoms with Crippen LogP contribution in [0.1, 0.15) is 71.1 Å². The Hall–Kier alpha value is -2.95. The summed E-state index contributed by atoms with van der Waals surface area (Å²) in [6.45, 7) is 13.3. The molecule has 2 unspecified atom stereocenters. The van der Waals surface area contributed by atoms with E-state index in [2.05, 4.69) is 148 Å². The van der Waals surface area contributed by atoms with Crippen LogP contribution in [-0.4, -0.2) is 20.3 Å². The summed E-state index contributed by atoms with van der Waals surface area (Å²) in [5.74, 6) is 1.88. The van der Waals surface area contributed by atoms with E-state index in [-0.39, 0.29) is 12.2 Å². The van der Waals surface area contributed by atoms with E-state index in [1.165, 1.54) is 45.5 Å². The molecule has 0 saturated carbocycles. The molecule has 1 heterocycles. The van der Waals surface area contributed by atoms with E-state index in [4.69, 9.17) is 9.47 Å². The Kier molecular flexibility index (Phi) is 8.21. The minimum absolute atomic E-state index is 0.177. The van der Waals surface area contributed by atoms with Crippen molar-refractivity contribution in [3.63, 3.8) is 0 Å². The van der Waals surface area contributed by atoms with Crippen molar-refractivity contribution in [1.29, 1.82) is 0 Å². The van der Waals surface area contributed by atoms with Crippen molar-refractivity contribution in [3.05, 3.63) is 118 Å². The van der Waals surface area contributed by atoms with Crippen molar-refractivity contribution in [2.45, 2.75) is 82.5 Å². The summed E-state index contributed by atoms with van der Waals surface area (Å²) < 4.78 is 18.8. The zero-order valence-electron chi connectivity index (χ0n) is 28.8. The third-order valence-electron chi connectivity index (χ3n) is 11.0. The maximum absolute atomic E-state index is 5.98. The quantitative estimate of drug-likeness (QED) is 0.166. The van der Waals surface area contributed by atoms with Gasteiger partial charge in [0, 0.05) is 0 Å². The van der Waals surface area contributed by atoms with E-state index in [1.54, 1.807) is 11.1 Å². The van der Waals surface area contributed by atoms with Gasteiger partial charge >= 0.3 is 284 Å². The van der Waals surface area contributed by atoms with Gasteiger partial charge in [-0.05, 0) is 0 Å². The molecule has 46 heavy (non-hydrogen) atoms. The molecule has 2 nitrogen and oxygen atoms in total. The van der Waals surface area contributed by atoms with Crippen molar-refractivity contribution >= 4 is 20.2 Å². The van der Waals surface area contributed by atoms with Gasteiger partial charge in [-0.2, -0.15) is 0 Å². The number of ether oxygens (including phenoxy) is 2. The first-order chi connectivity index (χ1) is 22.1. The first-order valence-electron chi connectivity index (χ1n) is 17.3. The van der Waals surface area contributed by atoms with Gasteiger partial charge in [0.05, 0.1) is 0 Å². The molecule has 2 aliphatic carbocycles. The van der Waals surface area contributed by atoms with Gasteiger partial charge in [-0.3, -0.25) is 0 Å². The van der Waals surface area contributed by atoms with Crippen molar-refractivity contribution in [2.24, 2.45) is 0 Å². The van der Waals surface area contributed by atoms with E-state index in [0.29, 0.717) is 7.35 Å². The van der Waals surface area contributed by atoms with Gasteiger partial charge in [-0.25, -0.2) is 0 Å². The third kappa shape index (κ3) is 4.97. The van der Waals surface area contributed by atoms with Crippen LogP contribution in [0.2, 0.25) is 21.4 Å². The number of fused-ring (bicyclic) bond motifs is 6. The molecule has 0 spiro atoms. The second kappa shape index (κ2) is 11.9. The van der Waals surface area contributed by atoms with Crippen LogP contribution >= 0.6 is 0 Å². The van der Waals surface area contributed by atoms with Gasteiger partial charge in [0.15, 0.2) is 0 Å². The fourth-order valence-electron chi connectivity index (χ4n) is 9.11. The van der Waals surface area contributed by atoms with Gasteiger partial charge in [0.2, 0.25) is 0 Å². The summed E-state index contributed by atoms with van der Waals surface area (Å²) in [6, 6.07) is 34.4. The van der Waals surface area contributed by atoms with E-state index >= 15 is 0 Å². The minimum atomic E-state index is -3.09. The Morgan fingerprint density at radius 1 is 0.587 bits per heavy atom. The molecule has 0 amide bonds. The fourth-order valence-corrected chi connectivity index (χ4v) is 41.0. The normalized spacial score (nSPS) is 20.0. The number of hydrogen-bond acceptors (Lipinski definition) is 2. The Balaban J connectivity index is 1.36. The molecule has 236 valence electrons. The SMILES string of the molecule is CC[Si]1(CC)C2=Cc3c(-c4ccc(OC(C)C)cc4)cccc3[CH]2[Hf]([CH3])([CH3])[CH]2C1=Cc1c(-c3ccc(OC(C)C)cc3)cccc12. The summed E-state index contributed by atoms with van der Waals surface area (Å²) >= 11 is -3.09. The van der Waals surface area contributed by atoms with Gasteiger partial charge in [-0.15, -0.1) is 0 Å². The molecule has 7 rings (SSSR count). The van der Waals surface area contributed by atoms with Crippen molar-refractivity contribution < 1.29 is 29.4 Å². The van der Waals surface area contributed by atoms with Gasteiger partial charge in [0.25, 0.3) is 0 Å². The Bertz CT molecular complexity index is 1710. The van der Waals surface area contributed by atoms with Crippen molar-refractivity contribution in [2.75, 3.05) is 0 Å². The molecule has 0 aromatic heterocycles. The molecule has 0 bridgehead atoms. The van der Waals surface area contributed by atoms with Crippen molar-refractivity contribution in [3.8, 4) is 33.8 Å². The fraction of sp³-hybridized carbons (Fsp3) is 0.333. The Morgan fingerprint density at radius 3 is 1.33 bits per heavy atom. The monoisotopic (exact) mass is 792 g/mol. The van der Waals surface area contributed by atoms with Crippen LogP contribution < -0.4 is 9.47 Å². The molecule has 1 saturated heterocycles. The van der Waals surface area contributed by atoms with Crippen LogP contribution in [0, 0.1) is 0 Å². The summed E-state index contributed by atoms with van der Waals surface area (Å²) in [5, 5.41) is 3.69. The van der Waals surface area contributed by atoms with Crippen LogP contribution in [0.5, 0.6) is 11.5 Å². The first kappa shape index (κ1) is 31.6. The molecule has 1 fully saturated rings. The molecule has 4 heteroatoms. The van der Waals surface area contributed by atoms with E-state index in [0.717, 1.165) is 11.5 Å². The van der Waals surface area contributed by atoms with Gasteiger partial charge in [-0.1, -0.05) is 0 Å². The van der Waals surface area contributed by atoms with E-state index in [9.17, 15) is 0 Å². The van der Waals surface area contributed by atoms with E-state index < -0.39 is 28.0 Å². The van der Waals surface area contributed by atoms with Crippen LogP contribution in [0.25, 0.3) is 34.4 Å². The number of benzene rings is 4. The van der Waals surface area contributed by atoms with Gasteiger partial charge in [0.1, 0.15) is 0 Å². The number of allylic oxidation sites excluding steroid dienone is 2. The molecule has 0 radical (unpaired) electrons. The zero-order chi connectivity index (χ0) is 32.4. The Morgan fingerprint density at radius 2 is 0.978 bits per heavy atom. The van der Waals surface area contributed by atoms with Crippen LogP contribution in [-0.2, 0) is 20.0 Å². The standard InChI is InChI=1S/C40H42O2Si.2CH3.Hf/c1-7-43(8-2,35-23-31-11-9-13-37(39(31)25-35)29-15-19-33(20-16-29)41-27(3)4)36-24-32-12-10-14-38(40(32)26-36)30-17-21-34(22-18-30)42-28(5)6;;;/h9-28H,7-8H2,1-6H3;2*1H3;. The first-order valence-corrected chi connectivity index (χ1v) is 31.1. The number of hydrogen-bond donors (Lipinski definition) is 0. The van der Waals surface area contributed by atoms with Crippen LogP contribution in [0.4, 0.5) is 0 Å². The summed E-state index contributed by atoms with van der Waals surface area (Å²) in [4.78, 5) is 0. The second-order valence-corrected chi connectivity index (χ2v) is 36.6. The molecule has 0 N–H and O–H groups in total. The van der Waals surface area contributed by atoms with E-state index in [1.807, 2.05) is 10.4 Å². The molecule has 4 aromatic rings. The average molecular weight is 791 g/mol. The number of rotatable bonds is 8. The van der Waals surface area contributed by atoms with Crippen LogP contribution in [0.3, 0.4) is 0 Å².